The third-order valence-corrected chi connectivity index (χ3v) is 6.84. The fourth-order valence-electron chi connectivity index (χ4n) is 4.75. The Kier molecular flexibility index (Phi) is 8.22. The lowest BCUT2D eigenvalue weighted by Gasteiger charge is -2.19. The number of carbonyl (C=O) groups is 2. The number of rotatable bonds is 7. The number of hydrogen-bond acceptors (Lipinski definition) is 6. The Balaban J connectivity index is 1.89. The molecule has 2 amide bonds. The molecule has 38 heavy (non-hydrogen) atoms. The van der Waals surface area contributed by atoms with Gasteiger partial charge >= 0.3 is 0 Å². The summed E-state index contributed by atoms with van der Waals surface area (Å²) in [5.74, 6) is 1.08. The fraction of sp³-hybridized carbons (Fsp3) is 0.276. The molecule has 0 bridgehead atoms. The van der Waals surface area contributed by atoms with E-state index in [0.29, 0.717) is 52.7 Å². The van der Waals surface area contributed by atoms with Gasteiger partial charge in [-0.05, 0) is 65.4 Å². The fourth-order valence-corrected chi connectivity index (χ4v) is 4.93. The van der Waals surface area contributed by atoms with Crippen molar-refractivity contribution in [3.8, 4) is 28.4 Å². The first-order chi connectivity index (χ1) is 18.3. The molecule has 0 fully saturated rings. The number of aryl methyl sites for hydroxylation is 1. The third kappa shape index (κ3) is 5.31. The van der Waals surface area contributed by atoms with Gasteiger partial charge in [0, 0.05) is 23.9 Å². The van der Waals surface area contributed by atoms with E-state index in [2.05, 4.69) is 10.6 Å². The first-order valence-electron chi connectivity index (χ1n) is 12.0. The van der Waals surface area contributed by atoms with E-state index in [4.69, 9.17) is 25.8 Å². The topological polar surface area (TPSA) is 103 Å². The summed E-state index contributed by atoms with van der Waals surface area (Å²) in [4.78, 5) is 38.4. The van der Waals surface area contributed by atoms with E-state index >= 15 is 0 Å². The number of fused-ring (bicyclic) bond motifs is 3. The lowest BCUT2D eigenvalue weighted by Crippen LogP contribution is -2.26. The molecule has 0 heterocycles. The molecule has 4 rings (SSSR count). The number of methoxy groups -OCH3 is 3. The number of alkyl halides is 1. The largest absolute Gasteiger partial charge is 0.493 e. The number of anilines is 1. The smallest absolute Gasteiger partial charge is 0.255 e. The Morgan fingerprint density at radius 1 is 0.974 bits per heavy atom. The SMILES string of the molecule is COc1cc2c(c(OC)c1OC)-c1ccc(NC(=O)c3ccc(CCl)cc3)c(=O)cc1C(NC(C)=O)CC2. The third-order valence-electron chi connectivity index (χ3n) is 6.53. The summed E-state index contributed by atoms with van der Waals surface area (Å²) >= 11 is 5.84. The lowest BCUT2D eigenvalue weighted by atomic mass is 9.95. The van der Waals surface area contributed by atoms with Crippen LogP contribution < -0.4 is 30.3 Å². The van der Waals surface area contributed by atoms with E-state index in [1.807, 2.05) is 6.07 Å². The second-order valence-electron chi connectivity index (χ2n) is 8.88. The number of hydrogen-bond donors (Lipinski definition) is 2. The van der Waals surface area contributed by atoms with E-state index in [0.717, 1.165) is 16.7 Å². The number of carbonyl (C=O) groups excluding carboxylic acids is 2. The summed E-state index contributed by atoms with van der Waals surface area (Å²) < 4.78 is 16.9. The van der Waals surface area contributed by atoms with Crippen LogP contribution in [0, 0.1) is 0 Å². The first-order valence-corrected chi connectivity index (χ1v) is 12.6. The van der Waals surface area contributed by atoms with Crippen molar-refractivity contribution >= 4 is 29.1 Å². The molecule has 198 valence electrons. The zero-order chi connectivity index (χ0) is 27.4. The molecule has 1 aliphatic rings. The number of halogens is 1. The van der Waals surface area contributed by atoms with Crippen LogP contribution in [0.25, 0.3) is 11.1 Å². The monoisotopic (exact) mass is 536 g/mol. The minimum Gasteiger partial charge on any atom is -0.493 e. The molecule has 1 unspecified atom stereocenters. The van der Waals surface area contributed by atoms with Crippen LogP contribution in [0.15, 0.2) is 53.3 Å². The van der Waals surface area contributed by atoms with Gasteiger partial charge in [0.15, 0.2) is 11.5 Å². The molecule has 3 aromatic carbocycles. The van der Waals surface area contributed by atoms with E-state index in [1.54, 1.807) is 43.5 Å². The van der Waals surface area contributed by atoms with Gasteiger partial charge in [-0.1, -0.05) is 18.2 Å². The molecule has 1 atom stereocenters. The van der Waals surface area contributed by atoms with Gasteiger partial charge in [-0.2, -0.15) is 0 Å². The highest BCUT2D eigenvalue weighted by Gasteiger charge is 2.29. The number of nitrogens with one attached hydrogen (secondary N) is 2. The summed E-state index contributed by atoms with van der Waals surface area (Å²) in [6.45, 7) is 1.44. The maximum atomic E-state index is 13.4. The highest BCUT2D eigenvalue weighted by atomic mass is 35.5. The van der Waals surface area contributed by atoms with Crippen LogP contribution in [-0.2, 0) is 17.1 Å². The maximum Gasteiger partial charge on any atom is 0.255 e. The van der Waals surface area contributed by atoms with Crippen molar-refractivity contribution in [2.24, 2.45) is 0 Å². The second kappa shape index (κ2) is 11.6. The average molecular weight is 537 g/mol. The van der Waals surface area contributed by atoms with Crippen molar-refractivity contribution in [1.29, 1.82) is 0 Å². The number of ether oxygens (including phenoxy) is 3. The molecule has 0 radical (unpaired) electrons. The average Bonchev–Trinajstić information content (AvgIpc) is 3.16. The van der Waals surface area contributed by atoms with Crippen LogP contribution in [-0.4, -0.2) is 33.1 Å². The predicted molar refractivity (Wildman–Crippen MR) is 147 cm³/mol. The molecule has 1 aliphatic carbocycles. The van der Waals surface area contributed by atoms with Gasteiger partial charge < -0.3 is 24.8 Å². The summed E-state index contributed by atoms with van der Waals surface area (Å²) in [5.41, 5.74) is 3.93. The van der Waals surface area contributed by atoms with Gasteiger partial charge in [0.1, 0.15) is 0 Å². The van der Waals surface area contributed by atoms with Gasteiger partial charge in [0.25, 0.3) is 5.91 Å². The van der Waals surface area contributed by atoms with Crippen LogP contribution >= 0.6 is 11.6 Å². The summed E-state index contributed by atoms with van der Waals surface area (Å²) in [6, 6.07) is 13.1. The zero-order valence-corrected chi connectivity index (χ0v) is 22.4. The van der Waals surface area contributed by atoms with Crippen molar-refractivity contribution in [1.82, 2.24) is 5.32 Å². The standard InChI is InChI=1S/C29H29ClN2O6/c1-16(33)31-22-11-9-19-13-25(36-2)27(37-3)28(38-4)26(19)20-10-12-23(24(34)14-21(20)22)32-29(35)18-7-5-17(15-30)6-8-18/h5-8,10,12-14,22H,9,11,15H2,1-4H3,(H,31,33)(H,32,34,35). The summed E-state index contributed by atoms with van der Waals surface area (Å²) in [7, 11) is 4.62. The van der Waals surface area contributed by atoms with Gasteiger partial charge in [-0.25, -0.2) is 0 Å². The molecule has 0 saturated carbocycles. The van der Waals surface area contributed by atoms with E-state index in [-0.39, 0.29) is 11.6 Å². The molecule has 8 nitrogen and oxygen atoms in total. The molecule has 0 saturated heterocycles. The summed E-state index contributed by atoms with van der Waals surface area (Å²) in [6.07, 6.45) is 1.13. The van der Waals surface area contributed by atoms with Gasteiger partial charge in [-0.3, -0.25) is 14.4 Å². The minimum atomic E-state index is -0.441. The quantitative estimate of drug-likeness (QED) is 0.418. The van der Waals surface area contributed by atoms with Gasteiger partial charge in [0.05, 0.1) is 33.1 Å². The predicted octanol–water partition coefficient (Wildman–Crippen LogP) is 4.85. The van der Waals surface area contributed by atoms with E-state index < -0.39 is 17.4 Å². The Bertz CT molecular complexity index is 1440. The van der Waals surface area contributed by atoms with Crippen molar-refractivity contribution in [3.63, 3.8) is 0 Å². The minimum absolute atomic E-state index is 0.104. The Morgan fingerprint density at radius 3 is 2.29 bits per heavy atom. The zero-order valence-electron chi connectivity index (χ0n) is 21.6. The summed E-state index contributed by atoms with van der Waals surface area (Å²) in [5, 5.41) is 5.69. The first kappa shape index (κ1) is 27.0. The highest BCUT2D eigenvalue weighted by molar-refractivity contribution is 6.17. The van der Waals surface area contributed by atoms with Crippen LogP contribution in [0.3, 0.4) is 0 Å². The Labute approximate surface area is 225 Å². The molecular formula is C29H29ClN2O6. The van der Waals surface area contributed by atoms with E-state index in [9.17, 15) is 14.4 Å². The lowest BCUT2D eigenvalue weighted by molar-refractivity contribution is -0.119. The maximum absolute atomic E-state index is 13.4. The van der Waals surface area contributed by atoms with Crippen molar-refractivity contribution in [2.45, 2.75) is 31.7 Å². The van der Waals surface area contributed by atoms with Crippen LogP contribution in [0.2, 0.25) is 0 Å². The molecule has 9 heteroatoms. The Hall–Kier alpha value is -4.04. The molecule has 3 aromatic rings. The Morgan fingerprint density at radius 2 is 1.68 bits per heavy atom. The van der Waals surface area contributed by atoms with Crippen molar-refractivity contribution < 1.29 is 23.8 Å². The number of benzene rings is 2. The molecular weight excluding hydrogens is 508 g/mol. The van der Waals surface area contributed by atoms with Crippen LogP contribution in [0.5, 0.6) is 17.2 Å². The number of amides is 2. The van der Waals surface area contributed by atoms with Gasteiger partial charge in [-0.15, -0.1) is 11.6 Å². The second-order valence-corrected chi connectivity index (χ2v) is 9.15. The van der Waals surface area contributed by atoms with Crippen molar-refractivity contribution in [3.05, 3.63) is 81.0 Å². The normalized spacial score (nSPS) is 13.9. The molecule has 0 aromatic heterocycles. The molecule has 0 aliphatic heterocycles. The highest BCUT2D eigenvalue weighted by Crippen LogP contribution is 2.50. The molecule has 2 N–H and O–H groups in total. The molecule has 0 spiro atoms. The van der Waals surface area contributed by atoms with Crippen LogP contribution in [0.4, 0.5) is 5.69 Å². The van der Waals surface area contributed by atoms with Gasteiger partial charge in [0.2, 0.25) is 17.1 Å². The van der Waals surface area contributed by atoms with E-state index in [1.165, 1.54) is 27.2 Å². The van der Waals surface area contributed by atoms with Crippen LogP contribution in [0.1, 0.15) is 46.4 Å². The van der Waals surface area contributed by atoms with Crippen molar-refractivity contribution in [2.75, 3.05) is 26.6 Å².